The molecule has 0 aromatic heterocycles. The van der Waals surface area contributed by atoms with Crippen LogP contribution in [-0.4, -0.2) is 16.5 Å². The van der Waals surface area contributed by atoms with Crippen molar-refractivity contribution in [2.45, 2.75) is 6.92 Å². The van der Waals surface area contributed by atoms with Crippen LogP contribution in [0, 0.1) is 0 Å². The second-order valence-corrected chi connectivity index (χ2v) is 1.80. The Hall–Kier alpha value is -0.180. The second-order valence-electron chi connectivity index (χ2n) is 0.676. The van der Waals surface area contributed by atoms with E-state index in [1.165, 1.54) is 17.3 Å². The van der Waals surface area contributed by atoms with Crippen molar-refractivity contribution in [1.82, 2.24) is 0 Å². The molecule has 0 aromatic carbocycles. The highest BCUT2D eigenvalue weighted by Gasteiger charge is 1.67. The standard InChI is InChI=1S/C3H7NOS/c1-2-6-3-4-5/h3,5H,2H2,1H3. The maximum absolute atomic E-state index is 7.75. The first-order chi connectivity index (χ1) is 2.91. The molecule has 0 heterocycles. The summed E-state index contributed by atoms with van der Waals surface area (Å²) in [6.45, 7) is 1.99. The van der Waals surface area contributed by atoms with Crippen LogP contribution in [0.15, 0.2) is 5.16 Å². The Labute approximate surface area is 41.2 Å². The highest BCUT2D eigenvalue weighted by atomic mass is 32.2. The van der Waals surface area contributed by atoms with Crippen molar-refractivity contribution < 1.29 is 5.21 Å². The lowest BCUT2D eigenvalue weighted by Crippen LogP contribution is -1.63. The molecule has 0 aliphatic carbocycles. The van der Waals surface area contributed by atoms with E-state index in [1.54, 1.807) is 0 Å². The van der Waals surface area contributed by atoms with Crippen molar-refractivity contribution >= 4 is 17.3 Å². The van der Waals surface area contributed by atoms with Crippen molar-refractivity contribution in [3.8, 4) is 0 Å². The van der Waals surface area contributed by atoms with Crippen LogP contribution in [0.25, 0.3) is 0 Å². The molecule has 0 rings (SSSR count). The maximum atomic E-state index is 7.75. The summed E-state index contributed by atoms with van der Waals surface area (Å²) in [6.07, 6.45) is 0. The molecule has 1 N–H and O–H groups in total. The third-order valence-electron chi connectivity index (χ3n) is 0.288. The van der Waals surface area contributed by atoms with Gasteiger partial charge in [-0.2, -0.15) is 0 Å². The summed E-state index contributed by atoms with van der Waals surface area (Å²) in [4.78, 5) is 0. The van der Waals surface area contributed by atoms with E-state index in [-0.39, 0.29) is 0 Å². The highest BCUT2D eigenvalue weighted by molar-refractivity contribution is 8.12. The zero-order valence-electron chi connectivity index (χ0n) is 3.59. The molecule has 0 atom stereocenters. The SMILES string of the molecule is CCSC=NO. The molecular formula is C3H7NOS. The van der Waals surface area contributed by atoms with Gasteiger partial charge in [-0.15, -0.1) is 11.8 Å². The summed E-state index contributed by atoms with van der Waals surface area (Å²) >= 11 is 1.47. The van der Waals surface area contributed by atoms with Crippen molar-refractivity contribution in [2.24, 2.45) is 5.16 Å². The fourth-order valence-corrected chi connectivity index (χ4v) is 0.324. The molecule has 0 aliphatic rings. The van der Waals surface area contributed by atoms with Crippen LogP contribution in [0.1, 0.15) is 6.92 Å². The van der Waals surface area contributed by atoms with Gasteiger partial charge in [0.25, 0.3) is 0 Å². The Kier molecular flexibility index (Phi) is 4.68. The number of hydrogen-bond donors (Lipinski definition) is 1. The van der Waals surface area contributed by atoms with Crippen molar-refractivity contribution in [3.63, 3.8) is 0 Å². The van der Waals surface area contributed by atoms with Crippen molar-refractivity contribution in [2.75, 3.05) is 5.75 Å². The average Bonchev–Trinajstić information content (AvgIpc) is 1.61. The van der Waals surface area contributed by atoms with Crippen LogP contribution in [0.4, 0.5) is 0 Å². The Bertz CT molecular complexity index is 46.1. The molecule has 3 heteroatoms. The van der Waals surface area contributed by atoms with E-state index in [0.717, 1.165) is 5.75 Å². The first-order valence-corrected chi connectivity index (χ1v) is 2.74. The number of oxime groups is 1. The molecule has 0 spiro atoms. The molecule has 0 saturated carbocycles. The third-order valence-corrected chi connectivity index (χ3v) is 0.865. The predicted molar refractivity (Wildman–Crippen MR) is 28.4 cm³/mol. The highest BCUT2D eigenvalue weighted by Crippen LogP contribution is 1.88. The maximum Gasteiger partial charge on any atom is 0.0991 e. The Balaban J connectivity index is 2.66. The molecule has 36 valence electrons. The van der Waals surface area contributed by atoms with E-state index in [4.69, 9.17) is 5.21 Å². The molecule has 0 radical (unpaired) electrons. The van der Waals surface area contributed by atoms with E-state index in [9.17, 15) is 0 Å². The molecule has 0 aliphatic heterocycles. The summed E-state index contributed by atoms with van der Waals surface area (Å²) in [5.41, 5.74) is 1.40. The van der Waals surface area contributed by atoms with Crippen molar-refractivity contribution in [3.05, 3.63) is 0 Å². The zero-order chi connectivity index (χ0) is 4.83. The van der Waals surface area contributed by atoms with Gasteiger partial charge in [0, 0.05) is 0 Å². The molecule has 0 fully saturated rings. The van der Waals surface area contributed by atoms with Crippen molar-refractivity contribution in [1.29, 1.82) is 0 Å². The van der Waals surface area contributed by atoms with Gasteiger partial charge in [0.15, 0.2) is 0 Å². The van der Waals surface area contributed by atoms with Crippen LogP contribution in [0.5, 0.6) is 0 Å². The molecule has 0 unspecified atom stereocenters. The Morgan fingerprint density at radius 2 is 2.67 bits per heavy atom. The van der Waals surface area contributed by atoms with Gasteiger partial charge in [-0.3, -0.25) is 0 Å². The minimum absolute atomic E-state index is 0.962. The van der Waals surface area contributed by atoms with Gasteiger partial charge in [0.2, 0.25) is 0 Å². The summed E-state index contributed by atoms with van der Waals surface area (Å²) in [6, 6.07) is 0. The van der Waals surface area contributed by atoms with E-state index in [0.29, 0.717) is 0 Å². The van der Waals surface area contributed by atoms with E-state index in [2.05, 4.69) is 5.16 Å². The summed E-state index contributed by atoms with van der Waals surface area (Å²) in [7, 11) is 0. The third kappa shape index (κ3) is 3.82. The van der Waals surface area contributed by atoms with Gasteiger partial charge >= 0.3 is 0 Å². The number of rotatable bonds is 2. The number of hydrogen-bond acceptors (Lipinski definition) is 3. The fourth-order valence-electron chi connectivity index (χ4n) is 0.108. The number of thioether (sulfide) groups is 1. The average molecular weight is 105 g/mol. The Morgan fingerprint density at radius 1 is 2.00 bits per heavy atom. The van der Waals surface area contributed by atoms with Crippen LogP contribution in [-0.2, 0) is 0 Å². The summed E-state index contributed by atoms with van der Waals surface area (Å²) < 4.78 is 0. The topological polar surface area (TPSA) is 32.6 Å². The Morgan fingerprint density at radius 3 is 2.83 bits per heavy atom. The van der Waals surface area contributed by atoms with E-state index in [1.807, 2.05) is 6.92 Å². The van der Waals surface area contributed by atoms with Gasteiger partial charge < -0.3 is 5.21 Å². The molecule has 0 aromatic rings. The zero-order valence-corrected chi connectivity index (χ0v) is 4.40. The molecule has 2 nitrogen and oxygen atoms in total. The molecule has 6 heavy (non-hydrogen) atoms. The lowest BCUT2D eigenvalue weighted by Gasteiger charge is -1.75. The first kappa shape index (κ1) is 5.82. The lowest BCUT2D eigenvalue weighted by molar-refractivity contribution is 0.323. The van der Waals surface area contributed by atoms with Gasteiger partial charge in [0.1, 0.15) is 0 Å². The monoisotopic (exact) mass is 105 g/mol. The van der Waals surface area contributed by atoms with E-state index < -0.39 is 0 Å². The lowest BCUT2D eigenvalue weighted by atomic mass is 11.0. The fraction of sp³-hybridized carbons (Fsp3) is 0.667. The largest absolute Gasteiger partial charge is 0.410 e. The van der Waals surface area contributed by atoms with Crippen LogP contribution >= 0.6 is 11.8 Å². The van der Waals surface area contributed by atoms with Crippen LogP contribution < -0.4 is 0 Å². The van der Waals surface area contributed by atoms with Gasteiger partial charge in [-0.1, -0.05) is 12.1 Å². The number of nitrogens with zero attached hydrogens (tertiary/aromatic N) is 1. The molecular weight excluding hydrogens is 98.1 g/mol. The quantitative estimate of drug-likeness (QED) is 0.247. The summed E-state index contributed by atoms with van der Waals surface area (Å²) in [5, 5.41) is 10.5. The normalized spacial score (nSPS) is 10.2. The molecule has 0 bridgehead atoms. The van der Waals surface area contributed by atoms with Crippen LogP contribution in [0.2, 0.25) is 0 Å². The van der Waals surface area contributed by atoms with Crippen LogP contribution in [0.3, 0.4) is 0 Å². The predicted octanol–water partition coefficient (Wildman–Crippen LogP) is 1.16. The minimum Gasteiger partial charge on any atom is -0.410 e. The molecule has 0 saturated heterocycles. The van der Waals surface area contributed by atoms with Gasteiger partial charge in [0.05, 0.1) is 5.55 Å². The second kappa shape index (κ2) is 4.82. The van der Waals surface area contributed by atoms with Gasteiger partial charge in [-0.05, 0) is 5.75 Å². The smallest absolute Gasteiger partial charge is 0.0991 e. The van der Waals surface area contributed by atoms with Gasteiger partial charge in [-0.25, -0.2) is 0 Å². The summed E-state index contributed by atoms with van der Waals surface area (Å²) in [5.74, 6) is 0.962. The first-order valence-electron chi connectivity index (χ1n) is 1.69. The van der Waals surface area contributed by atoms with E-state index >= 15 is 0 Å². The molecule has 0 amide bonds. The minimum atomic E-state index is 0.962.